The maximum Gasteiger partial charge on any atom is 0.415 e. The maximum atomic E-state index is 12.9. The SMILES string of the molecule is CCN(CC)C(=O)OC(=C(F)F)C(O)c1ccccc1. The molecule has 1 amide bonds. The summed E-state index contributed by atoms with van der Waals surface area (Å²) >= 11 is 0. The Morgan fingerprint density at radius 3 is 2.25 bits per heavy atom. The lowest BCUT2D eigenvalue weighted by molar-refractivity contribution is 0.0832. The largest absolute Gasteiger partial charge is 0.415 e. The Labute approximate surface area is 116 Å². The Hall–Kier alpha value is -1.95. The molecule has 0 fully saturated rings. The summed E-state index contributed by atoms with van der Waals surface area (Å²) < 4.78 is 30.4. The number of hydrogen-bond acceptors (Lipinski definition) is 3. The summed E-state index contributed by atoms with van der Waals surface area (Å²) in [6, 6.07) is 7.82. The molecule has 1 atom stereocenters. The van der Waals surface area contributed by atoms with Crippen LogP contribution in [0.5, 0.6) is 0 Å². The van der Waals surface area contributed by atoms with Crippen LogP contribution in [0.25, 0.3) is 0 Å². The summed E-state index contributed by atoms with van der Waals surface area (Å²) in [4.78, 5) is 12.9. The Bertz CT molecular complexity index is 469. The third kappa shape index (κ3) is 4.03. The van der Waals surface area contributed by atoms with Gasteiger partial charge in [0.1, 0.15) is 6.10 Å². The molecule has 0 spiro atoms. The van der Waals surface area contributed by atoms with Crippen LogP contribution in [0.3, 0.4) is 0 Å². The summed E-state index contributed by atoms with van der Waals surface area (Å²) in [6.07, 6.45) is -4.81. The zero-order valence-corrected chi connectivity index (χ0v) is 11.3. The van der Waals surface area contributed by atoms with Crippen molar-refractivity contribution < 1.29 is 23.4 Å². The van der Waals surface area contributed by atoms with Crippen molar-refractivity contribution in [2.75, 3.05) is 13.1 Å². The number of nitrogens with zero attached hydrogens (tertiary/aromatic N) is 1. The van der Waals surface area contributed by atoms with Gasteiger partial charge in [0, 0.05) is 13.1 Å². The number of ether oxygens (including phenoxy) is 1. The third-order valence-electron chi connectivity index (χ3n) is 2.77. The molecule has 1 aromatic rings. The average molecular weight is 285 g/mol. The van der Waals surface area contributed by atoms with Crippen LogP contribution in [0.2, 0.25) is 0 Å². The van der Waals surface area contributed by atoms with Crippen LogP contribution in [-0.4, -0.2) is 29.2 Å². The van der Waals surface area contributed by atoms with Gasteiger partial charge in [-0.1, -0.05) is 30.3 Å². The van der Waals surface area contributed by atoms with Crippen molar-refractivity contribution in [2.24, 2.45) is 0 Å². The number of aliphatic hydroxyl groups excluding tert-OH is 1. The zero-order chi connectivity index (χ0) is 15.1. The Kier molecular flexibility index (Phi) is 6.11. The summed E-state index contributed by atoms with van der Waals surface area (Å²) in [5, 5.41) is 9.89. The number of carbonyl (C=O) groups excluding carboxylic acids is 1. The zero-order valence-electron chi connectivity index (χ0n) is 11.3. The smallest absolute Gasteiger partial charge is 0.406 e. The van der Waals surface area contributed by atoms with E-state index in [0.717, 1.165) is 0 Å². The first kappa shape index (κ1) is 16.1. The van der Waals surface area contributed by atoms with Crippen LogP contribution >= 0.6 is 0 Å². The first-order valence-electron chi connectivity index (χ1n) is 6.26. The summed E-state index contributed by atoms with van der Waals surface area (Å²) in [7, 11) is 0. The van der Waals surface area contributed by atoms with Crippen molar-refractivity contribution >= 4 is 6.09 Å². The Morgan fingerprint density at radius 1 is 1.25 bits per heavy atom. The number of aliphatic hydroxyl groups is 1. The second-order valence-electron chi connectivity index (χ2n) is 3.98. The highest BCUT2D eigenvalue weighted by Crippen LogP contribution is 2.27. The van der Waals surface area contributed by atoms with Gasteiger partial charge in [-0.05, 0) is 19.4 Å². The molecule has 0 aliphatic carbocycles. The molecule has 0 aliphatic rings. The number of rotatable bonds is 5. The molecular formula is C14H17F2NO3. The fraction of sp³-hybridized carbons (Fsp3) is 0.357. The molecule has 4 nitrogen and oxygen atoms in total. The van der Waals surface area contributed by atoms with Crippen LogP contribution in [-0.2, 0) is 4.74 Å². The molecule has 0 aromatic heterocycles. The van der Waals surface area contributed by atoms with Crippen molar-refractivity contribution in [1.29, 1.82) is 0 Å². The summed E-state index contributed by atoms with van der Waals surface area (Å²) in [5.41, 5.74) is 0.225. The normalized spacial score (nSPS) is 11.7. The van der Waals surface area contributed by atoms with Crippen LogP contribution in [0.1, 0.15) is 25.5 Å². The predicted molar refractivity (Wildman–Crippen MR) is 70.0 cm³/mol. The molecule has 1 N–H and O–H groups in total. The molecule has 6 heteroatoms. The van der Waals surface area contributed by atoms with E-state index in [4.69, 9.17) is 0 Å². The molecule has 0 heterocycles. The van der Waals surface area contributed by atoms with Crippen molar-refractivity contribution in [1.82, 2.24) is 4.90 Å². The number of amides is 1. The Balaban J connectivity index is 2.92. The van der Waals surface area contributed by atoms with Gasteiger partial charge < -0.3 is 14.7 Å². The lowest BCUT2D eigenvalue weighted by Crippen LogP contribution is -2.31. The molecular weight excluding hydrogens is 268 g/mol. The maximum absolute atomic E-state index is 12.9. The fourth-order valence-electron chi connectivity index (χ4n) is 1.62. The second-order valence-corrected chi connectivity index (χ2v) is 3.98. The minimum absolute atomic E-state index is 0.225. The van der Waals surface area contributed by atoms with E-state index in [-0.39, 0.29) is 5.56 Å². The number of hydrogen-bond donors (Lipinski definition) is 1. The monoisotopic (exact) mass is 285 g/mol. The van der Waals surface area contributed by atoms with Gasteiger partial charge in [0.2, 0.25) is 5.76 Å². The fourth-order valence-corrected chi connectivity index (χ4v) is 1.62. The third-order valence-corrected chi connectivity index (χ3v) is 2.77. The van der Waals surface area contributed by atoms with E-state index in [1.54, 1.807) is 32.0 Å². The standard InChI is InChI=1S/C14H17F2NO3/c1-3-17(4-2)14(19)20-12(13(15)16)11(18)10-8-6-5-7-9-10/h5-9,11,18H,3-4H2,1-2H3. The number of benzene rings is 1. The highest BCUT2D eigenvalue weighted by molar-refractivity contribution is 5.69. The van der Waals surface area contributed by atoms with Crippen molar-refractivity contribution in [3.8, 4) is 0 Å². The molecule has 1 aromatic carbocycles. The first-order valence-corrected chi connectivity index (χ1v) is 6.26. The van der Waals surface area contributed by atoms with Crippen LogP contribution in [0.15, 0.2) is 42.2 Å². The van der Waals surface area contributed by atoms with E-state index in [1.165, 1.54) is 17.0 Å². The average Bonchev–Trinajstić information content (AvgIpc) is 2.46. The lowest BCUT2D eigenvalue weighted by atomic mass is 10.1. The minimum atomic E-state index is -2.22. The van der Waals surface area contributed by atoms with Gasteiger partial charge in [0.25, 0.3) is 0 Å². The van der Waals surface area contributed by atoms with Gasteiger partial charge in [-0.25, -0.2) is 4.79 Å². The predicted octanol–water partition coefficient (Wildman–Crippen LogP) is 3.31. The highest BCUT2D eigenvalue weighted by Gasteiger charge is 2.25. The van der Waals surface area contributed by atoms with E-state index in [2.05, 4.69) is 4.74 Å². The molecule has 110 valence electrons. The van der Waals surface area contributed by atoms with Gasteiger partial charge in [-0.3, -0.25) is 0 Å². The van der Waals surface area contributed by atoms with E-state index in [9.17, 15) is 18.7 Å². The molecule has 0 radical (unpaired) electrons. The number of halogens is 2. The Morgan fingerprint density at radius 2 is 1.80 bits per heavy atom. The molecule has 20 heavy (non-hydrogen) atoms. The summed E-state index contributed by atoms with van der Waals surface area (Å²) in [5.74, 6) is -1.03. The van der Waals surface area contributed by atoms with E-state index in [1.807, 2.05) is 0 Å². The molecule has 1 unspecified atom stereocenters. The second kappa shape index (κ2) is 7.59. The molecule has 0 saturated heterocycles. The van der Waals surface area contributed by atoms with Gasteiger partial charge in [0.15, 0.2) is 0 Å². The van der Waals surface area contributed by atoms with Crippen molar-refractivity contribution in [3.05, 3.63) is 47.7 Å². The topological polar surface area (TPSA) is 49.8 Å². The van der Waals surface area contributed by atoms with Gasteiger partial charge in [-0.15, -0.1) is 0 Å². The summed E-state index contributed by atoms with van der Waals surface area (Å²) in [6.45, 7) is 4.07. The van der Waals surface area contributed by atoms with E-state index in [0.29, 0.717) is 13.1 Å². The number of carbonyl (C=O) groups is 1. The van der Waals surface area contributed by atoms with Gasteiger partial charge >= 0.3 is 12.2 Å². The van der Waals surface area contributed by atoms with Gasteiger partial charge in [-0.2, -0.15) is 8.78 Å². The quantitative estimate of drug-likeness (QED) is 0.844. The molecule has 0 saturated carbocycles. The van der Waals surface area contributed by atoms with Crippen LogP contribution in [0.4, 0.5) is 13.6 Å². The van der Waals surface area contributed by atoms with Crippen LogP contribution in [0, 0.1) is 0 Å². The lowest BCUT2D eigenvalue weighted by Gasteiger charge is -2.20. The van der Waals surface area contributed by atoms with Crippen molar-refractivity contribution in [2.45, 2.75) is 20.0 Å². The van der Waals surface area contributed by atoms with E-state index < -0.39 is 24.0 Å². The molecule has 0 aliphatic heterocycles. The molecule has 0 bridgehead atoms. The van der Waals surface area contributed by atoms with Crippen molar-refractivity contribution in [3.63, 3.8) is 0 Å². The highest BCUT2D eigenvalue weighted by atomic mass is 19.3. The van der Waals surface area contributed by atoms with E-state index >= 15 is 0 Å². The first-order chi connectivity index (χ1) is 9.51. The minimum Gasteiger partial charge on any atom is -0.406 e. The van der Waals surface area contributed by atoms with Crippen LogP contribution < -0.4 is 0 Å². The van der Waals surface area contributed by atoms with Gasteiger partial charge in [0.05, 0.1) is 0 Å². The molecule has 1 rings (SSSR count).